The minimum absolute atomic E-state index is 0.361. The molecule has 0 aliphatic carbocycles. The largest absolute Gasteiger partial charge is 0.389 e. The number of aliphatic hydroxyl groups is 2. The molecule has 0 aromatic heterocycles. The molecule has 1 rings (SSSR count). The van der Waals surface area contributed by atoms with Gasteiger partial charge in [0.2, 0.25) is 0 Å². The van der Waals surface area contributed by atoms with E-state index in [1.54, 1.807) is 0 Å². The Hall–Kier alpha value is 0.1000. The molecular weight excluding hydrogens is 312 g/mol. The highest BCUT2D eigenvalue weighted by Gasteiger charge is 2.17. The van der Waals surface area contributed by atoms with Crippen LogP contribution in [0.4, 0.5) is 0 Å². The first kappa shape index (κ1) is 12.2. The van der Waals surface area contributed by atoms with Crippen molar-refractivity contribution in [1.82, 2.24) is 0 Å². The standard InChI is InChI=1S/C10H12Br2O2/c1-6-2-3-7(4-8(6)12)10(14)9(13)5-11/h2-4,9-10,13-14H,5H2,1H3. The molecule has 4 heteroatoms. The normalized spacial score (nSPS) is 15.2. The van der Waals surface area contributed by atoms with Crippen molar-refractivity contribution >= 4 is 31.9 Å². The number of aliphatic hydroxyl groups excluding tert-OH is 2. The fourth-order valence-corrected chi connectivity index (χ4v) is 1.85. The lowest BCUT2D eigenvalue weighted by Gasteiger charge is -2.16. The first-order valence-electron chi connectivity index (χ1n) is 4.24. The fourth-order valence-electron chi connectivity index (χ4n) is 1.10. The SMILES string of the molecule is Cc1ccc(C(O)C(O)CBr)cc1Br. The van der Waals surface area contributed by atoms with Crippen molar-refractivity contribution in [3.63, 3.8) is 0 Å². The van der Waals surface area contributed by atoms with E-state index in [9.17, 15) is 10.2 Å². The van der Waals surface area contributed by atoms with Gasteiger partial charge in [-0.3, -0.25) is 0 Å². The summed E-state index contributed by atoms with van der Waals surface area (Å²) in [6, 6.07) is 5.55. The zero-order valence-electron chi connectivity index (χ0n) is 7.74. The maximum Gasteiger partial charge on any atom is 0.106 e. The van der Waals surface area contributed by atoms with Gasteiger partial charge in [-0.1, -0.05) is 44.0 Å². The number of hydrogen-bond donors (Lipinski definition) is 2. The van der Waals surface area contributed by atoms with Crippen LogP contribution in [0.5, 0.6) is 0 Å². The van der Waals surface area contributed by atoms with Crippen LogP contribution >= 0.6 is 31.9 Å². The van der Waals surface area contributed by atoms with Crippen LogP contribution in [0.15, 0.2) is 22.7 Å². The quantitative estimate of drug-likeness (QED) is 0.839. The lowest BCUT2D eigenvalue weighted by atomic mass is 10.0. The molecule has 1 aromatic carbocycles. The molecule has 0 amide bonds. The third kappa shape index (κ3) is 2.79. The molecule has 2 unspecified atom stereocenters. The van der Waals surface area contributed by atoms with Gasteiger partial charge in [0.25, 0.3) is 0 Å². The lowest BCUT2D eigenvalue weighted by molar-refractivity contribution is 0.0342. The third-order valence-electron chi connectivity index (χ3n) is 2.06. The van der Waals surface area contributed by atoms with Gasteiger partial charge in [-0.15, -0.1) is 0 Å². The van der Waals surface area contributed by atoms with Gasteiger partial charge < -0.3 is 10.2 Å². The minimum Gasteiger partial charge on any atom is -0.389 e. The van der Waals surface area contributed by atoms with Crippen LogP contribution in [0, 0.1) is 6.92 Å². The maximum absolute atomic E-state index is 9.70. The Morgan fingerprint density at radius 1 is 1.36 bits per heavy atom. The minimum atomic E-state index is -0.841. The van der Waals surface area contributed by atoms with E-state index in [0.717, 1.165) is 15.6 Å². The second-order valence-electron chi connectivity index (χ2n) is 3.18. The monoisotopic (exact) mass is 322 g/mol. The molecular formula is C10H12Br2O2. The van der Waals surface area contributed by atoms with Crippen LogP contribution in [0.25, 0.3) is 0 Å². The maximum atomic E-state index is 9.70. The first-order valence-corrected chi connectivity index (χ1v) is 6.16. The lowest BCUT2D eigenvalue weighted by Crippen LogP contribution is -2.19. The van der Waals surface area contributed by atoms with Gasteiger partial charge in [-0.2, -0.15) is 0 Å². The number of benzene rings is 1. The smallest absolute Gasteiger partial charge is 0.106 e. The van der Waals surface area contributed by atoms with Crippen molar-refractivity contribution in [1.29, 1.82) is 0 Å². The number of alkyl halides is 1. The highest BCUT2D eigenvalue weighted by Crippen LogP contribution is 2.24. The fraction of sp³-hybridized carbons (Fsp3) is 0.400. The molecule has 2 N–H and O–H groups in total. The molecule has 0 aliphatic heterocycles. The molecule has 14 heavy (non-hydrogen) atoms. The highest BCUT2D eigenvalue weighted by molar-refractivity contribution is 9.10. The summed E-state index contributed by atoms with van der Waals surface area (Å²) in [5.74, 6) is 0. The van der Waals surface area contributed by atoms with Crippen LogP contribution in [0.1, 0.15) is 17.2 Å². The molecule has 0 heterocycles. The van der Waals surface area contributed by atoms with Crippen molar-refractivity contribution in [2.24, 2.45) is 0 Å². The topological polar surface area (TPSA) is 40.5 Å². The van der Waals surface area contributed by atoms with Crippen molar-refractivity contribution < 1.29 is 10.2 Å². The second-order valence-corrected chi connectivity index (χ2v) is 4.68. The summed E-state index contributed by atoms with van der Waals surface area (Å²) in [7, 11) is 0. The summed E-state index contributed by atoms with van der Waals surface area (Å²) < 4.78 is 0.941. The Kier molecular flexibility index (Phi) is 4.57. The number of aryl methyl sites for hydroxylation is 1. The molecule has 2 atom stereocenters. The summed E-state index contributed by atoms with van der Waals surface area (Å²) in [6.07, 6.45) is -1.61. The summed E-state index contributed by atoms with van der Waals surface area (Å²) in [4.78, 5) is 0. The Morgan fingerprint density at radius 2 is 2.00 bits per heavy atom. The van der Waals surface area contributed by atoms with Crippen molar-refractivity contribution in [2.45, 2.75) is 19.1 Å². The molecule has 0 saturated carbocycles. The average Bonchev–Trinajstić information content (AvgIpc) is 2.20. The Bertz CT molecular complexity index is 315. The Balaban J connectivity index is 2.91. The zero-order chi connectivity index (χ0) is 10.7. The predicted octanol–water partition coefficient (Wildman–Crippen LogP) is 2.55. The molecule has 0 saturated heterocycles. The van der Waals surface area contributed by atoms with E-state index in [4.69, 9.17) is 0 Å². The highest BCUT2D eigenvalue weighted by atomic mass is 79.9. The van der Waals surface area contributed by atoms with Gasteiger partial charge in [0.15, 0.2) is 0 Å². The number of halogens is 2. The van der Waals surface area contributed by atoms with Crippen LogP contribution < -0.4 is 0 Å². The summed E-state index contributed by atoms with van der Waals surface area (Å²) in [6.45, 7) is 1.97. The number of rotatable bonds is 3. The Labute approximate surface area is 100 Å². The third-order valence-corrected chi connectivity index (χ3v) is 3.58. The molecule has 0 fully saturated rings. The first-order chi connectivity index (χ1) is 6.56. The van der Waals surface area contributed by atoms with Crippen LogP contribution in [-0.4, -0.2) is 21.6 Å². The van der Waals surface area contributed by atoms with Crippen molar-refractivity contribution in [2.75, 3.05) is 5.33 Å². The van der Waals surface area contributed by atoms with Gasteiger partial charge >= 0.3 is 0 Å². The zero-order valence-corrected chi connectivity index (χ0v) is 10.9. The molecule has 0 spiro atoms. The predicted molar refractivity (Wildman–Crippen MR) is 63.6 cm³/mol. The summed E-state index contributed by atoms with van der Waals surface area (Å²) in [5, 5.41) is 19.5. The van der Waals surface area contributed by atoms with E-state index in [-0.39, 0.29) is 0 Å². The average molecular weight is 324 g/mol. The van der Waals surface area contributed by atoms with E-state index in [1.807, 2.05) is 25.1 Å². The van der Waals surface area contributed by atoms with Gasteiger partial charge in [-0.25, -0.2) is 0 Å². The molecule has 0 radical (unpaired) electrons. The van der Waals surface area contributed by atoms with Crippen LogP contribution in [0.2, 0.25) is 0 Å². The van der Waals surface area contributed by atoms with E-state index < -0.39 is 12.2 Å². The molecule has 0 aliphatic rings. The van der Waals surface area contributed by atoms with Crippen LogP contribution in [0.3, 0.4) is 0 Å². The van der Waals surface area contributed by atoms with Gasteiger partial charge in [0.1, 0.15) is 6.10 Å². The van der Waals surface area contributed by atoms with E-state index in [0.29, 0.717) is 5.33 Å². The second kappa shape index (κ2) is 5.26. The number of hydrogen-bond acceptors (Lipinski definition) is 2. The molecule has 2 nitrogen and oxygen atoms in total. The molecule has 78 valence electrons. The van der Waals surface area contributed by atoms with Crippen molar-refractivity contribution in [3.05, 3.63) is 33.8 Å². The van der Waals surface area contributed by atoms with Gasteiger partial charge in [0, 0.05) is 9.80 Å². The summed E-state index contributed by atoms with van der Waals surface area (Å²) >= 11 is 6.50. The molecule has 1 aromatic rings. The van der Waals surface area contributed by atoms with Crippen LogP contribution in [-0.2, 0) is 0 Å². The summed E-state index contributed by atoms with van der Waals surface area (Å²) in [5.41, 5.74) is 1.82. The van der Waals surface area contributed by atoms with Crippen molar-refractivity contribution in [3.8, 4) is 0 Å². The molecule has 0 bridgehead atoms. The van der Waals surface area contributed by atoms with E-state index >= 15 is 0 Å². The Morgan fingerprint density at radius 3 is 2.50 bits per heavy atom. The van der Waals surface area contributed by atoms with E-state index in [1.165, 1.54) is 0 Å². The van der Waals surface area contributed by atoms with Gasteiger partial charge in [0.05, 0.1) is 6.10 Å². The van der Waals surface area contributed by atoms with Gasteiger partial charge in [-0.05, 0) is 24.1 Å². The van der Waals surface area contributed by atoms with E-state index in [2.05, 4.69) is 31.9 Å².